The Labute approximate surface area is 127 Å². The van der Waals surface area contributed by atoms with Crippen LogP contribution < -0.4 is 5.32 Å². The minimum atomic E-state index is -0.0720. The van der Waals surface area contributed by atoms with E-state index in [2.05, 4.69) is 41.0 Å². The first-order chi connectivity index (χ1) is 9.54. The van der Waals surface area contributed by atoms with E-state index in [1.54, 1.807) is 23.6 Å². The summed E-state index contributed by atoms with van der Waals surface area (Å²) in [7, 11) is 0. The number of nitrogens with one attached hydrogen (secondary N) is 1. The lowest BCUT2D eigenvalue weighted by atomic mass is 9.86. The first-order valence-electron chi connectivity index (χ1n) is 6.34. The molecule has 0 bridgehead atoms. The van der Waals surface area contributed by atoms with E-state index in [4.69, 9.17) is 0 Å². The number of nitrogens with zero attached hydrogens (tertiary/aromatic N) is 1. The fraction of sp³-hybridized carbons (Fsp3) is 0.333. The van der Waals surface area contributed by atoms with Crippen LogP contribution in [-0.2, 0) is 5.41 Å². The molecule has 0 aromatic carbocycles. The summed E-state index contributed by atoms with van der Waals surface area (Å²) in [5.74, 6) is -0.0641. The number of thiophene rings is 1. The third-order valence-electron chi connectivity index (χ3n) is 3.20. The van der Waals surface area contributed by atoms with E-state index in [0.717, 1.165) is 5.03 Å². The van der Waals surface area contributed by atoms with Crippen molar-refractivity contribution in [1.82, 2.24) is 10.3 Å². The van der Waals surface area contributed by atoms with Gasteiger partial charge in [-0.3, -0.25) is 4.79 Å². The van der Waals surface area contributed by atoms with Crippen molar-refractivity contribution in [3.05, 3.63) is 46.3 Å². The predicted octanol–water partition coefficient (Wildman–Crippen LogP) is 3.57. The molecular formula is C15H18N2OS2. The maximum atomic E-state index is 12.3. The Balaban J connectivity index is 2.06. The van der Waals surface area contributed by atoms with Gasteiger partial charge >= 0.3 is 0 Å². The van der Waals surface area contributed by atoms with E-state index in [1.807, 2.05) is 12.3 Å². The zero-order valence-corrected chi connectivity index (χ0v) is 13.5. The Morgan fingerprint density at radius 1 is 1.45 bits per heavy atom. The Morgan fingerprint density at radius 2 is 2.25 bits per heavy atom. The van der Waals surface area contributed by atoms with Gasteiger partial charge in [0.25, 0.3) is 5.91 Å². The average molecular weight is 306 g/mol. The van der Waals surface area contributed by atoms with Crippen LogP contribution in [0.25, 0.3) is 0 Å². The third kappa shape index (κ3) is 3.41. The molecule has 0 aliphatic carbocycles. The van der Waals surface area contributed by atoms with Crippen LogP contribution in [0.5, 0.6) is 0 Å². The van der Waals surface area contributed by atoms with Crippen LogP contribution in [0.3, 0.4) is 0 Å². The SMILES string of the molecule is CSc1ncccc1C(=O)NCC(C)(C)c1ccsc1. The number of hydrogen-bond donors (Lipinski definition) is 1. The van der Waals surface area contributed by atoms with Crippen LogP contribution in [0.15, 0.2) is 40.2 Å². The highest BCUT2D eigenvalue weighted by Gasteiger charge is 2.22. The van der Waals surface area contributed by atoms with Gasteiger partial charge in [-0.05, 0) is 40.8 Å². The monoisotopic (exact) mass is 306 g/mol. The van der Waals surface area contributed by atoms with Crippen molar-refractivity contribution in [3.63, 3.8) is 0 Å². The Hall–Kier alpha value is -1.33. The van der Waals surface area contributed by atoms with Crippen molar-refractivity contribution in [2.75, 3.05) is 12.8 Å². The van der Waals surface area contributed by atoms with E-state index in [0.29, 0.717) is 12.1 Å². The maximum Gasteiger partial charge on any atom is 0.254 e. The molecule has 2 rings (SSSR count). The number of amides is 1. The van der Waals surface area contributed by atoms with Crippen LogP contribution in [0, 0.1) is 0 Å². The lowest BCUT2D eigenvalue weighted by Gasteiger charge is -2.24. The summed E-state index contributed by atoms with van der Waals surface area (Å²) in [5.41, 5.74) is 1.82. The second-order valence-electron chi connectivity index (χ2n) is 5.14. The van der Waals surface area contributed by atoms with Gasteiger partial charge in [0, 0.05) is 18.2 Å². The normalized spacial score (nSPS) is 11.3. The van der Waals surface area contributed by atoms with Crippen molar-refractivity contribution < 1.29 is 4.79 Å². The smallest absolute Gasteiger partial charge is 0.254 e. The highest BCUT2D eigenvalue weighted by Crippen LogP contribution is 2.24. The average Bonchev–Trinajstić information content (AvgIpc) is 3.00. The highest BCUT2D eigenvalue weighted by atomic mass is 32.2. The Morgan fingerprint density at radius 3 is 2.90 bits per heavy atom. The van der Waals surface area contributed by atoms with Crippen LogP contribution in [-0.4, -0.2) is 23.7 Å². The second kappa shape index (κ2) is 6.41. The third-order valence-corrected chi connectivity index (χ3v) is 4.60. The molecule has 1 N–H and O–H groups in total. The van der Waals surface area contributed by atoms with Gasteiger partial charge in [-0.15, -0.1) is 11.8 Å². The van der Waals surface area contributed by atoms with Gasteiger partial charge in [0.05, 0.1) is 5.56 Å². The summed E-state index contributed by atoms with van der Waals surface area (Å²) in [6.07, 6.45) is 3.63. The molecule has 106 valence electrons. The maximum absolute atomic E-state index is 12.3. The summed E-state index contributed by atoms with van der Waals surface area (Å²) >= 11 is 3.16. The first kappa shape index (κ1) is 15.1. The highest BCUT2D eigenvalue weighted by molar-refractivity contribution is 7.98. The van der Waals surface area contributed by atoms with E-state index in [9.17, 15) is 4.79 Å². The van der Waals surface area contributed by atoms with Gasteiger partial charge in [-0.1, -0.05) is 13.8 Å². The molecule has 5 heteroatoms. The van der Waals surface area contributed by atoms with E-state index in [1.165, 1.54) is 17.3 Å². The van der Waals surface area contributed by atoms with Crippen LogP contribution in [0.1, 0.15) is 29.8 Å². The van der Waals surface area contributed by atoms with Crippen LogP contribution >= 0.6 is 23.1 Å². The van der Waals surface area contributed by atoms with Gasteiger partial charge in [-0.25, -0.2) is 4.98 Å². The Bertz CT molecular complexity index is 579. The van der Waals surface area contributed by atoms with Gasteiger partial charge in [0.2, 0.25) is 0 Å². The molecule has 0 saturated heterocycles. The van der Waals surface area contributed by atoms with Gasteiger partial charge in [0.1, 0.15) is 5.03 Å². The predicted molar refractivity (Wildman–Crippen MR) is 85.7 cm³/mol. The molecule has 0 unspecified atom stereocenters. The largest absolute Gasteiger partial charge is 0.351 e. The number of carbonyl (C=O) groups is 1. The van der Waals surface area contributed by atoms with E-state index in [-0.39, 0.29) is 11.3 Å². The molecule has 0 spiro atoms. The minimum Gasteiger partial charge on any atom is -0.351 e. The van der Waals surface area contributed by atoms with Crippen molar-refractivity contribution in [1.29, 1.82) is 0 Å². The van der Waals surface area contributed by atoms with Crippen molar-refractivity contribution in [2.24, 2.45) is 0 Å². The molecule has 2 heterocycles. The number of hydrogen-bond acceptors (Lipinski definition) is 4. The molecule has 2 aromatic heterocycles. The van der Waals surface area contributed by atoms with Crippen molar-refractivity contribution >= 4 is 29.0 Å². The molecule has 1 amide bonds. The molecule has 0 aliphatic heterocycles. The van der Waals surface area contributed by atoms with Crippen molar-refractivity contribution in [3.8, 4) is 0 Å². The quantitative estimate of drug-likeness (QED) is 0.859. The summed E-state index contributed by atoms with van der Waals surface area (Å²) in [5, 5.41) is 7.97. The number of rotatable bonds is 5. The molecule has 0 fully saturated rings. The molecule has 0 saturated carbocycles. The molecule has 0 radical (unpaired) electrons. The van der Waals surface area contributed by atoms with Gasteiger partial charge < -0.3 is 5.32 Å². The topological polar surface area (TPSA) is 42.0 Å². The number of thioether (sulfide) groups is 1. The zero-order chi connectivity index (χ0) is 14.6. The van der Waals surface area contributed by atoms with Crippen molar-refractivity contribution in [2.45, 2.75) is 24.3 Å². The molecule has 0 atom stereocenters. The Kier molecular flexibility index (Phi) is 4.83. The molecular weight excluding hydrogens is 288 g/mol. The minimum absolute atomic E-state index is 0.0641. The zero-order valence-electron chi connectivity index (χ0n) is 11.8. The summed E-state index contributed by atoms with van der Waals surface area (Å²) in [4.78, 5) is 16.5. The molecule has 20 heavy (non-hydrogen) atoms. The summed E-state index contributed by atoms with van der Waals surface area (Å²) in [6, 6.07) is 5.71. The van der Waals surface area contributed by atoms with E-state index >= 15 is 0 Å². The van der Waals surface area contributed by atoms with E-state index < -0.39 is 0 Å². The standard InChI is InChI=1S/C15H18N2OS2/c1-15(2,11-6-8-20-9-11)10-17-13(18)12-5-4-7-16-14(12)19-3/h4-9H,10H2,1-3H3,(H,17,18). The lowest BCUT2D eigenvalue weighted by Crippen LogP contribution is -2.36. The second-order valence-corrected chi connectivity index (χ2v) is 6.71. The fourth-order valence-electron chi connectivity index (χ4n) is 1.87. The summed E-state index contributed by atoms with van der Waals surface area (Å²) < 4.78 is 0. The fourth-order valence-corrected chi connectivity index (χ4v) is 3.27. The number of carbonyl (C=O) groups excluding carboxylic acids is 1. The molecule has 0 aliphatic rings. The number of pyridine rings is 1. The van der Waals surface area contributed by atoms with Crippen LogP contribution in [0.4, 0.5) is 0 Å². The van der Waals surface area contributed by atoms with Crippen LogP contribution in [0.2, 0.25) is 0 Å². The summed E-state index contributed by atoms with van der Waals surface area (Å²) in [6.45, 7) is 4.87. The molecule has 2 aromatic rings. The van der Waals surface area contributed by atoms with Gasteiger partial charge in [-0.2, -0.15) is 11.3 Å². The lowest BCUT2D eigenvalue weighted by molar-refractivity contribution is 0.0942. The molecule has 3 nitrogen and oxygen atoms in total. The number of aromatic nitrogens is 1. The van der Waals surface area contributed by atoms with Gasteiger partial charge in [0.15, 0.2) is 0 Å². The first-order valence-corrected chi connectivity index (χ1v) is 8.51.